The second-order valence-corrected chi connectivity index (χ2v) is 6.35. The Morgan fingerprint density at radius 1 is 1.40 bits per heavy atom. The first-order chi connectivity index (χ1) is 9.50. The highest BCUT2D eigenvalue weighted by Crippen LogP contribution is 2.31. The van der Waals surface area contributed by atoms with Crippen LogP contribution in [0.15, 0.2) is 0 Å². The van der Waals surface area contributed by atoms with E-state index in [2.05, 4.69) is 19.2 Å². The predicted octanol–water partition coefficient (Wildman–Crippen LogP) is 1.02. The van der Waals surface area contributed by atoms with Crippen molar-refractivity contribution in [3.05, 3.63) is 0 Å². The van der Waals surface area contributed by atoms with Gasteiger partial charge in [0, 0.05) is 12.6 Å². The molecular weight excluding hydrogens is 254 g/mol. The quantitative estimate of drug-likeness (QED) is 0.808. The summed E-state index contributed by atoms with van der Waals surface area (Å²) in [6, 6.07) is 0.203. The molecule has 2 aliphatic heterocycles. The Bertz CT molecular complexity index is 377. The summed E-state index contributed by atoms with van der Waals surface area (Å²) in [6.45, 7) is 5.58. The molecule has 3 unspecified atom stereocenters. The van der Waals surface area contributed by atoms with E-state index in [1.807, 2.05) is 4.90 Å². The van der Waals surface area contributed by atoms with Crippen molar-refractivity contribution in [3.8, 4) is 0 Å². The van der Waals surface area contributed by atoms with Gasteiger partial charge >= 0.3 is 0 Å². The van der Waals surface area contributed by atoms with Gasteiger partial charge in [0.2, 0.25) is 11.8 Å². The molecular formula is C15H27N3O2. The third kappa shape index (κ3) is 2.82. The highest BCUT2D eigenvalue weighted by molar-refractivity contribution is 5.88. The number of nitrogens with two attached hydrogens (primary N) is 1. The normalized spacial score (nSPS) is 34.2. The molecule has 0 saturated carbocycles. The SMILES string of the molecule is CCCC1(C(=O)N2CC(C(N)=O)CCC2C)CCCN1. The number of nitrogens with zero attached hydrogens (tertiary/aromatic N) is 1. The number of hydrogen-bond acceptors (Lipinski definition) is 3. The van der Waals surface area contributed by atoms with E-state index in [1.54, 1.807) is 0 Å². The Hall–Kier alpha value is -1.10. The summed E-state index contributed by atoms with van der Waals surface area (Å²) < 4.78 is 0. The van der Waals surface area contributed by atoms with E-state index < -0.39 is 5.54 Å². The van der Waals surface area contributed by atoms with Gasteiger partial charge in [-0.05, 0) is 45.6 Å². The van der Waals surface area contributed by atoms with Crippen LogP contribution in [0.3, 0.4) is 0 Å². The van der Waals surface area contributed by atoms with Crippen molar-refractivity contribution in [1.29, 1.82) is 0 Å². The molecule has 2 rings (SSSR count). The van der Waals surface area contributed by atoms with E-state index in [-0.39, 0.29) is 23.8 Å². The number of carbonyl (C=O) groups is 2. The van der Waals surface area contributed by atoms with E-state index in [4.69, 9.17) is 5.73 Å². The molecule has 3 N–H and O–H groups in total. The smallest absolute Gasteiger partial charge is 0.243 e. The van der Waals surface area contributed by atoms with Crippen molar-refractivity contribution in [2.45, 2.75) is 64.0 Å². The van der Waals surface area contributed by atoms with Gasteiger partial charge in [0.1, 0.15) is 0 Å². The molecule has 5 heteroatoms. The lowest BCUT2D eigenvalue weighted by Crippen LogP contribution is -2.59. The van der Waals surface area contributed by atoms with Gasteiger partial charge < -0.3 is 16.0 Å². The van der Waals surface area contributed by atoms with Crippen LogP contribution in [0.5, 0.6) is 0 Å². The second-order valence-electron chi connectivity index (χ2n) is 6.35. The number of rotatable bonds is 4. The summed E-state index contributed by atoms with van der Waals surface area (Å²) in [5.41, 5.74) is 5.03. The van der Waals surface area contributed by atoms with Crippen molar-refractivity contribution in [2.24, 2.45) is 11.7 Å². The lowest BCUT2D eigenvalue weighted by Gasteiger charge is -2.42. The number of likely N-dealkylation sites (tertiary alicyclic amines) is 1. The number of amides is 2. The van der Waals surface area contributed by atoms with Crippen LogP contribution in [0.2, 0.25) is 0 Å². The van der Waals surface area contributed by atoms with Crippen LogP contribution >= 0.6 is 0 Å². The maximum atomic E-state index is 13.0. The van der Waals surface area contributed by atoms with Gasteiger partial charge in [-0.2, -0.15) is 0 Å². The van der Waals surface area contributed by atoms with Crippen molar-refractivity contribution in [3.63, 3.8) is 0 Å². The minimum absolute atomic E-state index is 0.176. The molecule has 0 aromatic carbocycles. The predicted molar refractivity (Wildman–Crippen MR) is 78.0 cm³/mol. The first-order valence-corrected chi connectivity index (χ1v) is 7.85. The van der Waals surface area contributed by atoms with Crippen LogP contribution in [-0.2, 0) is 9.59 Å². The lowest BCUT2D eigenvalue weighted by atomic mass is 9.86. The maximum absolute atomic E-state index is 13.0. The minimum atomic E-state index is -0.400. The van der Waals surface area contributed by atoms with E-state index in [0.717, 1.165) is 45.1 Å². The molecule has 3 atom stereocenters. The highest BCUT2D eigenvalue weighted by Gasteiger charge is 2.45. The standard InChI is InChI=1S/C15H27N3O2/c1-3-7-15(8-4-9-17-15)14(20)18-10-12(13(16)19)6-5-11(18)2/h11-12,17H,3-10H2,1-2H3,(H2,16,19). The summed E-state index contributed by atoms with van der Waals surface area (Å²) in [7, 11) is 0. The van der Waals surface area contributed by atoms with Crippen LogP contribution in [0.4, 0.5) is 0 Å². The lowest BCUT2D eigenvalue weighted by molar-refractivity contribution is -0.144. The van der Waals surface area contributed by atoms with Gasteiger partial charge in [-0.1, -0.05) is 13.3 Å². The van der Waals surface area contributed by atoms with Gasteiger partial charge in [-0.15, -0.1) is 0 Å². The van der Waals surface area contributed by atoms with Gasteiger partial charge in [0.15, 0.2) is 0 Å². The van der Waals surface area contributed by atoms with Crippen molar-refractivity contribution >= 4 is 11.8 Å². The summed E-state index contributed by atoms with van der Waals surface area (Å²) >= 11 is 0. The maximum Gasteiger partial charge on any atom is 0.243 e. The Morgan fingerprint density at radius 2 is 2.15 bits per heavy atom. The van der Waals surface area contributed by atoms with E-state index in [0.29, 0.717) is 6.54 Å². The fourth-order valence-corrected chi connectivity index (χ4v) is 3.63. The molecule has 2 saturated heterocycles. The summed E-state index contributed by atoms with van der Waals surface area (Å²) in [6.07, 6.45) is 5.48. The van der Waals surface area contributed by atoms with Crippen LogP contribution in [0, 0.1) is 5.92 Å². The van der Waals surface area contributed by atoms with Crippen LogP contribution in [0.25, 0.3) is 0 Å². The molecule has 0 aromatic heterocycles. The summed E-state index contributed by atoms with van der Waals surface area (Å²) in [5, 5.41) is 3.43. The minimum Gasteiger partial charge on any atom is -0.369 e. The first-order valence-electron chi connectivity index (χ1n) is 7.85. The van der Waals surface area contributed by atoms with E-state index >= 15 is 0 Å². The van der Waals surface area contributed by atoms with E-state index in [1.165, 1.54) is 0 Å². The van der Waals surface area contributed by atoms with Crippen molar-refractivity contribution < 1.29 is 9.59 Å². The second kappa shape index (κ2) is 6.12. The largest absolute Gasteiger partial charge is 0.369 e. The summed E-state index contributed by atoms with van der Waals surface area (Å²) in [4.78, 5) is 26.3. The molecule has 0 radical (unpaired) electrons. The molecule has 2 amide bonds. The van der Waals surface area contributed by atoms with Gasteiger partial charge in [-0.3, -0.25) is 9.59 Å². The Kier molecular flexibility index (Phi) is 4.68. The Balaban J connectivity index is 2.14. The molecule has 114 valence electrons. The topological polar surface area (TPSA) is 75.4 Å². The van der Waals surface area contributed by atoms with Crippen molar-refractivity contribution in [1.82, 2.24) is 10.2 Å². The number of primary amides is 1. The zero-order valence-electron chi connectivity index (χ0n) is 12.7. The number of nitrogens with one attached hydrogen (secondary N) is 1. The molecule has 20 heavy (non-hydrogen) atoms. The molecule has 5 nitrogen and oxygen atoms in total. The zero-order chi connectivity index (χ0) is 14.8. The van der Waals surface area contributed by atoms with Gasteiger partial charge in [-0.25, -0.2) is 0 Å². The van der Waals surface area contributed by atoms with Crippen molar-refractivity contribution in [2.75, 3.05) is 13.1 Å². The average Bonchev–Trinajstić information content (AvgIpc) is 2.88. The third-order valence-electron chi connectivity index (χ3n) is 4.88. The molecule has 2 aliphatic rings. The van der Waals surface area contributed by atoms with Crippen LogP contribution in [-0.4, -0.2) is 41.4 Å². The fourth-order valence-electron chi connectivity index (χ4n) is 3.63. The molecule has 0 aliphatic carbocycles. The Morgan fingerprint density at radius 3 is 2.70 bits per heavy atom. The number of piperidine rings is 1. The molecule has 2 fully saturated rings. The first kappa shape index (κ1) is 15.3. The highest BCUT2D eigenvalue weighted by atomic mass is 16.2. The fraction of sp³-hybridized carbons (Fsp3) is 0.867. The van der Waals surface area contributed by atoms with Crippen LogP contribution in [0.1, 0.15) is 52.4 Å². The van der Waals surface area contributed by atoms with E-state index in [9.17, 15) is 9.59 Å². The molecule has 0 aromatic rings. The molecule has 0 spiro atoms. The number of hydrogen-bond donors (Lipinski definition) is 2. The summed E-state index contributed by atoms with van der Waals surface area (Å²) in [5.74, 6) is -0.288. The average molecular weight is 281 g/mol. The number of carbonyl (C=O) groups excluding carboxylic acids is 2. The Labute approximate surface area is 121 Å². The van der Waals surface area contributed by atoms with Crippen LogP contribution < -0.4 is 11.1 Å². The van der Waals surface area contributed by atoms with Gasteiger partial charge in [0.25, 0.3) is 0 Å². The monoisotopic (exact) mass is 281 g/mol. The third-order valence-corrected chi connectivity index (χ3v) is 4.88. The zero-order valence-corrected chi connectivity index (χ0v) is 12.7. The van der Waals surface area contributed by atoms with Gasteiger partial charge in [0.05, 0.1) is 11.5 Å². The molecule has 2 heterocycles. The molecule has 0 bridgehead atoms.